The van der Waals surface area contributed by atoms with Crippen LogP contribution in [0.15, 0.2) is 24.3 Å². The van der Waals surface area contributed by atoms with Crippen molar-refractivity contribution in [3.05, 3.63) is 35.5 Å². The van der Waals surface area contributed by atoms with Crippen LogP contribution in [0.3, 0.4) is 0 Å². The Balaban J connectivity index is 2.28. The SMILES string of the molecule is Cc1[nH]c2ccccc2c1CCNCN. The maximum Gasteiger partial charge on any atom is 0.0458 e. The monoisotopic (exact) mass is 203 g/mol. The molecule has 0 amide bonds. The third kappa shape index (κ3) is 2.03. The number of nitrogens with two attached hydrogens (primary N) is 1. The summed E-state index contributed by atoms with van der Waals surface area (Å²) >= 11 is 0. The highest BCUT2D eigenvalue weighted by Gasteiger charge is 2.06. The van der Waals surface area contributed by atoms with E-state index >= 15 is 0 Å². The molecule has 0 atom stereocenters. The predicted molar refractivity (Wildman–Crippen MR) is 63.8 cm³/mol. The normalized spacial score (nSPS) is 11.1. The molecule has 2 aromatic rings. The summed E-state index contributed by atoms with van der Waals surface area (Å²) in [6, 6.07) is 8.41. The molecular weight excluding hydrogens is 186 g/mol. The number of aryl methyl sites for hydroxylation is 1. The highest BCUT2D eigenvalue weighted by molar-refractivity contribution is 5.84. The van der Waals surface area contributed by atoms with E-state index in [-0.39, 0.29) is 0 Å². The number of para-hydroxylation sites is 1. The molecule has 1 aromatic carbocycles. The van der Waals surface area contributed by atoms with Crippen LogP contribution in [0.25, 0.3) is 10.9 Å². The Morgan fingerprint density at radius 3 is 2.93 bits per heavy atom. The average molecular weight is 203 g/mol. The van der Waals surface area contributed by atoms with Gasteiger partial charge in [0.1, 0.15) is 0 Å². The van der Waals surface area contributed by atoms with Gasteiger partial charge >= 0.3 is 0 Å². The summed E-state index contributed by atoms with van der Waals surface area (Å²) in [5, 5.41) is 4.47. The highest BCUT2D eigenvalue weighted by atomic mass is 14.9. The van der Waals surface area contributed by atoms with Crippen molar-refractivity contribution in [3.63, 3.8) is 0 Å². The number of aromatic nitrogens is 1. The van der Waals surface area contributed by atoms with Gasteiger partial charge in [-0.1, -0.05) is 18.2 Å². The van der Waals surface area contributed by atoms with Crippen molar-refractivity contribution in [3.8, 4) is 0 Å². The molecule has 0 aliphatic rings. The van der Waals surface area contributed by atoms with E-state index in [4.69, 9.17) is 5.73 Å². The topological polar surface area (TPSA) is 53.8 Å². The van der Waals surface area contributed by atoms with E-state index in [0.717, 1.165) is 13.0 Å². The summed E-state index contributed by atoms with van der Waals surface area (Å²) in [6.45, 7) is 3.60. The van der Waals surface area contributed by atoms with Gasteiger partial charge in [-0.3, -0.25) is 0 Å². The average Bonchev–Trinajstić information content (AvgIpc) is 2.56. The number of rotatable bonds is 4. The predicted octanol–water partition coefficient (Wildman–Crippen LogP) is 1.52. The van der Waals surface area contributed by atoms with Gasteiger partial charge in [-0.25, -0.2) is 0 Å². The van der Waals surface area contributed by atoms with Crippen molar-refractivity contribution in [1.82, 2.24) is 10.3 Å². The second kappa shape index (κ2) is 4.47. The van der Waals surface area contributed by atoms with Gasteiger partial charge in [-0.05, 0) is 25.0 Å². The van der Waals surface area contributed by atoms with Crippen LogP contribution in [0.1, 0.15) is 11.3 Å². The summed E-state index contributed by atoms with van der Waals surface area (Å²) < 4.78 is 0. The lowest BCUT2D eigenvalue weighted by atomic mass is 10.1. The molecule has 0 aliphatic heterocycles. The Hall–Kier alpha value is -1.32. The smallest absolute Gasteiger partial charge is 0.0458 e. The Morgan fingerprint density at radius 2 is 2.13 bits per heavy atom. The number of nitrogens with one attached hydrogen (secondary N) is 2. The molecule has 0 bridgehead atoms. The van der Waals surface area contributed by atoms with Crippen LogP contribution in [-0.4, -0.2) is 18.2 Å². The second-order valence-electron chi connectivity index (χ2n) is 3.73. The molecule has 2 rings (SSSR count). The molecule has 0 radical (unpaired) electrons. The fourth-order valence-corrected chi connectivity index (χ4v) is 1.97. The van der Waals surface area contributed by atoms with E-state index in [0.29, 0.717) is 6.67 Å². The summed E-state index contributed by atoms with van der Waals surface area (Å²) in [5.41, 5.74) is 9.27. The van der Waals surface area contributed by atoms with Crippen LogP contribution in [0.4, 0.5) is 0 Å². The van der Waals surface area contributed by atoms with Gasteiger partial charge in [0.05, 0.1) is 0 Å². The first-order chi connectivity index (χ1) is 7.33. The van der Waals surface area contributed by atoms with Crippen LogP contribution >= 0.6 is 0 Å². The minimum absolute atomic E-state index is 0.543. The molecule has 4 N–H and O–H groups in total. The van der Waals surface area contributed by atoms with Gasteiger partial charge in [0, 0.05) is 29.8 Å². The van der Waals surface area contributed by atoms with Crippen LogP contribution in [0.2, 0.25) is 0 Å². The van der Waals surface area contributed by atoms with E-state index in [1.807, 2.05) is 0 Å². The molecule has 0 aliphatic carbocycles. The molecule has 0 saturated heterocycles. The Morgan fingerprint density at radius 1 is 1.33 bits per heavy atom. The first-order valence-electron chi connectivity index (χ1n) is 5.30. The van der Waals surface area contributed by atoms with Crippen LogP contribution < -0.4 is 11.1 Å². The third-order valence-electron chi connectivity index (χ3n) is 2.72. The van der Waals surface area contributed by atoms with Crippen molar-refractivity contribution in [2.45, 2.75) is 13.3 Å². The van der Waals surface area contributed by atoms with E-state index in [1.54, 1.807) is 0 Å². The summed E-state index contributed by atoms with van der Waals surface area (Å²) in [4.78, 5) is 3.39. The van der Waals surface area contributed by atoms with Crippen molar-refractivity contribution in [1.29, 1.82) is 0 Å². The molecular formula is C12H17N3. The summed E-state index contributed by atoms with van der Waals surface area (Å²) in [7, 11) is 0. The lowest BCUT2D eigenvalue weighted by Crippen LogP contribution is -2.24. The fourth-order valence-electron chi connectivity index (χ4n) is 1.97. The molecule has 0 saturated carbocycles. The van der Waals surface area contributed by atoms with E-state index < -0.39 is 0 Å². The number of benzene rings is 1. The van der Waals surface area contributed by atoms with Gasteiger partial charge in [0.25, 0.3) is 0 Å². The van der Waals surface area contributed by atoms with E-state index in [2.05, 4.69) is 41.5 Å². The van der Waals surface area contributed by atoms with Crippen LogP contribution in [0, 0.1) is 6.92 Å². The molecule has 0 unspecified atom stereocenters. The maximum absolute atomic E-state index is 5.40. The minimum Gasteiger partial charge on any atom is -0.358 e. The zero-order chi connectivity index (χ0) is 10.7. The standard InChI is InChI=1S/C12H17N3/c1-9-10(6-7-14-8-13)11-4-2-3-5-12(11)15-9/h2-5,14-15H,6-8,13H2,1H3. The molecule has 1 heterocycles. The minimum atomic E-state index is 0.543. The number of H-pyrrole nitrogens is 1. The molecule has 80 valence electrons. The number of aromatic amines is 1. The van der Waals surface area contributed by atoms with Crippen molar-refractivity contribution in [2.24, 2.45) is 5.73 Å². The van der Waals surface area contributed by atoms with Gasteiger partial charge in [0.15, 0.2) is 0 Å². The largest absolute Gasteiger partial charge is 0.358 e. The van der Waals surface area contributed by atoms with Crippen molar-refractivity contribution >= 4 is 10.9 Å². The van der Waals surface area contributed by atoms with Gasteiger partial charge < -0.3 is 16.0 Å². The quantitative estimate of drug-likeness (QED) is 0.521. The number of fused-ring (bicyclic) bond motifs is 1. The van der Waals surface area contributed by atoms with Gasteiger partial charge in [0.2, 0.25) is 0 Å². The van der Waals surface area contributed by atoms with Crippen molar-refractivity contribution < 1.29 is 0 Å². The third-order valence-corrected chi connectivity index (χ3v) is 2.72. The van der Waals surface area contributed by atoms with Crippen LogP contribution in [0.5, 0.6) is 0 Å². The Bertz CT molecular complexity index is 445. The second-order valence-corrected chi connectivity index (χ2v) is 3.73. The zero-order valence-corrected chi connectivity index (χ0v) is 9.01. The lowest BCUT2D eigenvalue weighted by Gasteiger charge is -2.02. The Labute approximate surface area is 89.7 Å². The summed E-state index contributed by atoms with van der Waals surface area (Å²) in [6.07, 6.45) is 1.02. The van der Waals surface area contributed by atoms with Crippen LogP contribution in [-0.2, 0) is 6.42 Å². The van der Waals surface area contributed by atoms with Gasteiger partial charge in [-0.2, -0.15) is 0 Å². The number of hydrogen-bond acceptors (Lipinski definition) is 2. The molecule has 1 aromatic heterocycles. The first-order valence-corrected chi connectivity index (χ1v) is 5.30. The number of hydrogen-bond donors (Lipinski definition) is 3. The van der Waals surface area contributed by atoms with Crippen molar-refractivity contribution in [2.75, 3.05) is 13.2 Å². The van der Waals surface area contributed by atoms with E-state index in [9.17, 15) is 0 Å². The molecule has 0 fully saturated rings. The first kappa shape index (κ1) is 10.2. The van der Waals surface area contributed by atoms with E-state index in [1.165, 1.54) is 22.2 Å². The molecule has 0 spiro atoms. The van der Waals surface area contributed by atoms with Gasteiger partial charge in [-0.15, -0.1) is 0 Å². The molecule has 15 heavy (non-hydrogen) atoms. The lowest BCUT2D eigenvalue weighted by molar-refractivity contribution is 0.701. The fraction of sp³-hybridized carbons (Fsp3) is 0.333. The molecule has 3 nitrogen and oxygen atoms in total. The zero-order valence-electron chi connectivity index (χ0n) is 9.01. The highest BCUT2D eigenvalue weighted by Crippen LogP contribution is 2.21. The molecule has 3 heteroatoms. The maximum atomic E-state index is 5.40. The Kier molecular flexibility index (Phi) is 3.04. The summed E-state index contributed by atoms with van der Waals surface area (Å²) in [5.74, 6) is 0.